The van der Waals surface area contributed by atoms with E-state index in [4.69, 9.17) is 0 Å². The van der Waals surface area contributed by atoms with Gasteiger partial charge in [0.1, 0.15) is 5.82 Å². The van der Waals surface area contributed by atoms with E-state index in [-0.39, 0.29) is 17.4 Å². The van der Waals surface area contributed by atoms with Crippen molar-refractivity contribution in [2.75, 3.05) is 5.75 Å². The third-order valence-electron chi connectivity index (χ3n) is 4.16. The van der Waals surface area contributed by atoms with E-state index in [1.807, 2.05) is 31.3 Å². The number of halogens is 1. The Kier molecular flexibility index (Phi) is 4.30. The second-order valence-corrected chi connectivity index (χ2v) is 6.77. The van der Waals surface area contributed by atoms with E-state index < -0.39 is 0 Å². The lowest BCUT2D eigenvalue weighted by Gasteiger charge is -2.04. The minimum atomic E-state index is -0.296. The average molecular weight is 366 g/mol. The highest BCUT2D eigenvalue weighted by Crippen LogP contribution is 2.25. The number of ketones is 1. The number of benzene rings is 2. The van der Waals surface area contributed by atoms with E-state index in [0.29, 0.717) is 16.5 Å². The number of nitrogens with zero attached hydrogens (tertiary/aromatic N) is 3. The fourth-order valence-electron chi connectivity index (χ4n) is 2.80. The Morgan fingerprint density at radius 2 is 1.92 bits per heavy atom. The summed E-state index contributed by atoms with van der Waals surface area (Å²) in [6.07, 6.45) is 1.74. The molecule has 2 aromatic carbocycles. The first-order chi connectivity index (χ1) is 12.6. The minimum absolute atomic E-state index is 0.0267. The zero-order valence-corrected chi connectivity index (χ0v) is 14.8. The summed E-state index contributed by atoms with van der Waals surface area (Å²) < 4.78 is 14.9. The summed E-state index contributed by atoms with van der Waals surface area (Å²) in [5.41, 5.74) is 2.39. The average Bonchev–Trinajstić information content (AvgIpc) is 3.24. The van der Waals surface area contributed by atoms with E-state index in [0.717, 1.165) is 16.5 Å². The van der Waals surface area contributed by atoms with Crippen LogP contribution in [0.4, 0.5) is 4.39 Å². The number of hydrogen-bond acceptors (Lipinski definition) is 4. The first kappa shape index (κ1) is 16.5. The molecule has 0 radical (unpaired) electrons. The Morgan fingerprint density at radius 3 is 2.73 bits per heavy atom. The predicted molar refractivity (Wildman–Crippen MR) is 99.8 cm³/mol. The third kappa shape index (κ3) is 3.01. The zero-order valence-electron chi connectivity index (χ0n) is 13.9. The molecule has 26 heavy (non-hydrogen) atoms. The van der Waals surface area contributed by atoms with Gasteiger partial charge in [-0.1, -0.05) is 30.0 Å². The van der Waals surface area contributed by atoms with Crippen LogP contribution in [0.5, 0.6) is 0 Å². The third-order valence-corrected chi connectivity index (χ3v) is 5.18. The van der Waals surface area contributed by atoms with Crippen LogP contribution in [0.15, 0.2) is 59.9 Å². The van der Waals surface area contributed by atoms with Gasteiger partial charge >= 0.3 is 0 Å². The minimum Gasteiger partial charge on any atom is -0.360 e. The summed E-state index contributed by atoms with van der Waals surface area (Å²) in [5.74, 6) is 0.623. The number of aromatic nitrogens is 4. The molecule has 0 aliphatic heterocycles. The molecule has 0 unspecified atom stereocenters. The molecule has 5 nitrogen and oxygen atoms in total. The number of hydrogen-bond donors (Lipinski definition) is 1. The van der Waals surface area contributed by atoms with Crippen LogP contribution in [0.3, 0.4) is 0 Å². The Balaban J connectivity index is 1.51. The molecule has 0 aliphatic rings. The van der Waals surface area contributed by atoms with Gasteiger partial charge in [-0.25, -0.2) is 4.39 Å². The van der Waals surface area contributed by atoms with Crippen LogP contribution in [0.25, 0.3) is 22.3 Å². The number of H-pyrrole nitrogens is 1. The van der Waals surface area contributed by atoms with Crippen molar-refractivity contribution in [3.8, 4) is 11.4 Å². The number of rotatable bonds is 5. The van der Waals surface area contributed by atoms with E-state index in [1.54, 1.807) is 22.9 Å². The first-order valence-electron chi connectivity index (χ1n) is 8.01. The quantitative estimate of drug-likeness (QED) is 0.427. The second kappa shape index (κ2) is 6.76. The van der Waals surface area contributed by atoms with Gasteiger partial charge in [-0.15, -0.1) is 10.2 Å². The van der Waals surface area contributed by atoms with Gasteiger partial charge in [-0.05, 0) is 30.3 Å². The van der Waals surface area contributed by atoms with E-state index in [9.17, 15) is 9.18 Å². The molecule has 4 rings (SSSR count). The van der Waals surface area contributed by atoms with Crippen LogP contribution in [0, 0.1) is 5.82 Å². The monoisotopic (exact) mass is 366 g/mol. The maximum Gasteiger partial charge on any atom is 0.191 e. The van der Waals surface area contributed by atoms with Crippen molar-refractivity contribution in [2.24, 2.45) is 7.05 Å². The number of carbonyl (C=O) groups excluding carboxylic acids is 1. The van der Waals surface area contributed by atoms with E-state index in [1.165, 1.54) is 23.9 Å². The zero-order chi connectivity index (χ0) is 18.1. The fourth-order valence-corrected chi connectivity index (χ4v) is 3.60. The van der Waals surface area contributed by atoms with Gasteiger partial charge in [0.05, 0.1) is 5.75 Å². The van der Waals surface area contributed by atoms with Gasteiger partial charge in [-0.3, -0.25) is 4.79 Å². The standard InChI is InChI=1S/C19H15FN4OS/c1-24-18(12-6-8-13(20)9-7-12)22-23-19(24)26-11-17(25)15-10-21-16-5-3-2-4-14(15)16/h2-10,21H,11H2,1H3. The molecule has 0 atom stereocenters. The predicted octanol–water partition coefficient (Wildman–Crippen LogP) is 4.08. The van der Waals surface area contributed by atoms with Gasteiger partial charge in [0.2, 0.25) is 0 Å². The summed E-state index contributed by atoms with van der Waals surface area (Å²) in [5, 5.41) is 9.87. The van der Waals surface area contributed by atoms with Crippen LogP contribution >= 0.6 is 11.8 Å². The molecule has 0 fully saturated rings. The summed E-state index contributed by atoms with van der Waals surface area (Å²) in [6, 6.07) is 13.8. The molecule has 0 saturated carbocycles. The van der Waals surface area contributed by atoms with Crippen LogP contribution in [0.2, 0.25) is 0 Å². The summed E-state index contributed by atoms with van der Waals surface area (Å²) >= 11 is 1.33. The molecule has 7 heteroatoms. The van der Waals surface area contributed by atoms with Crippen molar-refractivity contribution in [3.05, 3.63) is 66.1 Å². The lowest BCUT2D eigenvalue weighted by atomic mass is 10.1. The Morgan fingerprint density at radius 1 is 1.15 bits per heavy atom. The molecule has 0 saturated heterocycles. The van der Waals surface area contributed by atoms with E-state index >= 15 is 0 Å². The molecular weight excluding hydrogens is 351 g/mol. The van der Waals surface area contributed by atoms with Crippen molar-refractivity contribution < 1.29 is 9.18 Å². The highest BCUT2D eigenvalue weighted by atomic mass is 32.2. The molecule has 2 heterocycles. The maximum atomic E-state index is 13.1. The Labute approximate surface area is 153 Å². The van der Waals surface area contributed by atoms with Crippen molar-refractivity contribution in [1.29, 1.82) is 0 Å². The summed E-state index contributed by atoms with van der Waals surface area (Å²) in [4.78, 5) is 15.7. The maximum absolute atomic E-state index is 13.1. The normalized spacial score (nSPS) is 11.2. The molecule has 0 spiro atoms. The molecule has 4 aromatic rings. The van der Waals surface area contributed by atoms with Crippen molar-refractivity contribution in [1.82, 2.24) is 19.7 Å². The summed E-state index contributed by atoms with van der Waals surface area (Å²) in [7, 11) is 1.83. The van der Waals surface area contributed by atoms with Crippen LogP contribution in [-0.2, 0) is 7.05 Å². The first-order valence-corrected chi connectivity index (χ1v) is 8.99. The molecule has 2 aromatic heterocycles. The van der Waals surface area contributed by atoms with Crippen molar-refractivity contribution in [2.45, 2.75) is 5.16 Å². The SMILES string of the molecule is Cn1c(SCC(=O)c2c[nH]c3ccccc23)nnc1-c1ccc(F)cc1. The number of para-hydroxylation sites is 1. The number of Topliss-reactive ketones (excluding diaryl/α,β-unsaturated/α-hetero) is 1. The lowest BCUT2D eigenvalue weighted by molar-refractivity contribution is 0.102. The lowest BCUT2D eigenvalue weighted by Crippen LogP contribution is -2.03. The van der Waals surface area contributed by atoms with E-state index in [2.05, 4.69) is 15.2 Å². The van der Waals surface area contributed by atoms with Crippen LogP contribution < -0.4 is 0 Å². The van der Waals surface area contributed by atoms with Gasteiger partial charge < -0.3 is 9.55 Å². The number of nitrogens with one attached hydrogen (secondary N) is 1. The molecule has 1 N–H and O–H groups in total. The number of carbonyl (C=O) groups is 1. The number of thioether (sulfide) groups is 1. The summed E-state index contributed by atoms with van der Waals surface area (Å²) in [6.45, 7) is 0. The number of aromatic amines is 1. The van der Waals surface area contributed by atoms with Crippen molar-refractivity contribution >= 4 is 28.4 Å². The smallest absolute Gasteiger partial charge is 0.191 e. The molecule has 0 amide bonds. The topological polar surface area (TPSA) is 63.6 Å². The van der Waals surface area contributed by atoms with Crippen molar-refractivity contribution in [3.63, 3.8) is 0 Å². The molecular formula is C19H15FN4OS. The van der Waals surface area contributed by atoms with Gasteiger partial charge in [-0.2, -0.15) is 0 Å². The highest BCUT2D eigenvalue weighted by Gasteiger charge is 2.16. The largest absolute Gasteiger partial charge is 0.360 e. The second-order valence-electron chi connectivity index (χ2n) is 5.83. The number of fused-ring (bicyclic) bond motifs is 1. The van der Waals surface area contributed by atoms with Gasteiger partial charge in [0.15, 0.2) is 16.8 Å². The van der Waals surface area contributed by atoms with Crippen LogP contribution in [0.1, 0.15) is 10.4 Å². The molecule has 130 valence electrons. The van der Waals surface area contributed by atoms with Gasteiger partial charge in [0, 0.05) is 35.3 Å². The Bertz CT molecular complexity index is 1080. The molecule has 0 aliphatic carbocycles. The Hall–Kier alpha value is -2.93. The fraction of sp³-hybridized carbons (Fsp3) is 0.105. The molecule has 0 bridgehead atoms. The van der Waals surface area contributed by atoms with Crippen LogP contribution in [-0.4, -0.2) is 31.3 Å². The highest BCUT2D eigenvalue weighted by molar-refractivity contribution is 7.99. The van der Waals surface area contributed by atoms with Gasteiger partial charge in [0.25, 0.3) is 0 Å².